The first-order valence-electron chi connectivity index (χ1n) is 5.80. The molecule has 0 N–H and O–H groups in total. The molecule has 0 radical (unpaired) electrons. The van der Waals surface area contributed by atoms with Crippen LogP contribution >= 0.6 is 0 Å². The number of pyridine rings is 1. The maximum absolute atomic E-state index is 4.66. The number of hydrogen-bond donors (Lipinski definition) is 0. The van der Waals surface area contributed by atoms with Crippen molar-refractivity contribution in [2.45, 2.75) is 0 Å². The van der Waals surface area contributed by atoms with E-state index < -0.39 is 0 Å². The lowest BCUT2D eigenvalue weighted by atomic mass is 10.0. The molecular weight excluding hydrogens is 222 g/mol. The van der Waals surface area contributed by atoms with Gasteiger partial charge in [0.1, 0.15) is 0 Å². The van der Waals surface area contributed by atoms with Crippen LogP contribution in [0.5, 0.6) is 0 Å². The molecule has 0 atom stereocenters. The Bertz CT molecular complexity index is 779. The lowest BCUT2D eigenvalue weighted by Crippen LogP contribution is -2.04. The van der Waals surface area contributed by atoms with Crippen molar-refractivity contribution in [3.63, 3.8) is 0 Å². The third-order valence-electron chi connectivity index (χ3n) is 3.16. The number of para-hydroxylation sites is 1. The van der Waals surface area contributed by atoms with E-state index in [0.29, 0.717) is 0 Å². The number of allylic oxidation sites excluding steroid dienone is 2. The van der Waals surface area contributed by atoms with Crippen LogP contribution < -0.4 is 0 Å². The summed E-state index contributed by atoms with van der Waals surface area (Å²) >= 11 is 0. The van der Waals surface area contributed by atoms with Gasteiger partial charge in [0.15, 0.2) is 0 Å². The molecule has 2 aromatic rings. The van der Waals surface area contributed by atoms with Crippen LogP contribution in [0.4, 0.5) is 0 Å². The highest BCUT2D eigenvalue weighted by molar-refractivity contribution is 6.22. The molecule has 3 nitrogen and oxygen atoms in total. The Hall–Kier alpha value is -2.55. The van der Waals surface area contributed by atoms with E-state index in [0.717, 1.165) is 33.5 Å². The summed E-state index contributed by atoms with van der Waals surface area (Å²) in [7, 11) is 0. The van der Waals surface area contributed by atoms with Gasteiger partial charge in [0.25, 0.3) is 0 Å². The molecular formula is C15H9N3. The molecule has 84 valence electrons. The summed E-state index contributed by atoms with van der Waals surface area (Å²) in [6.07, 6.45) is 5.51. The quantitative estimate of drug-likeness (QED) is 0.743. The minimum absolute atomic E-state index is 0.900. The first kappa shape index (κ1) is 9.48. The Morgan fingerprint density at radius 3 is 2.83 bits per heavy atom. The molecule has 18 heavy (non-hydrogen) atoms. The Morgan fingerprint density at radius 1 is 0.889 bits per heavy atom. The molecule has 1 aromatic heterocycles. The topological polar surface area (TPSA) is 37.6 Å². The second kappa shape index (κ2) is 3.47. The summed E-state index contributed by atoms with van der Waals surface area (Å²) in [4.78, 5) is 13.2. The van der Waals surface area contributed by atoms with Crippen molar-refractivity contribution in [1.82, 2.24) is 4.98 Å². The summed E-state index contributed by atoms with van der Waals surface area (Å²) in [6.45, 7) is 0. The zero-order valence-electron chi connectivity index (χ0n) is 9.54. The zero-order chi connectivity index (χ0) is 11.9. The summed E-state index contributed by atoms with van der Waals surface area (Å²) < 4.78 is 0. The van der Waals surface area contributed by atoms with Gasteiger partial charge in [-0.1, -0.05) is 24.3 Å². The van der Waals surface area contributed by atoms with Gasteiger partial charge >= 0.3 is 0 Å². The molecule has 2 aliphatic heterocycles. The summed E-state index contributed by atoms with van der Waals surface area (Å²) in [5.74, 6) is 0. The van der Waals surface area contributed by atoms with Crippen LogP contribution in [0.3, 0.4) is 0 Å². The van der Waals surface area contributed by atoms with Gasteiger partial charge in [-0.3, -0.25) is 9.98 Å². The maximum Gasteiger partial charge on any atom is 0.0981 e. The van der Waals surface area contributed by atoms with E-state index in [4.69, 9.17) is 0 Å². The molecule has 4 rings (SSSR count). The highest BCUT2D eigenvalue weighted by Crippen LogP contribution is 2.25. The fourth-order valence-electron chi connectivity index (χ4n) is 2.24. The monoisotopic (exact) mass is 231 g/mol. The average Bonchev–Trinajstić information content (AvgIpc) is 3.00. The van der Waals surface area contributed by atoms with Gasteiger partial charge in [0.2, 0.25) is 0 Å². The fourth-order valence-corrected chi connectivity index (χ4v) is 2.24. The van der Waals surface area contributed by atoms with Crippen molar-refractivity contribution in [2.24, 2.45) is 9.98 Å². The maximum atomic E-state index is 4.66. The van der Waals surface area contributed by atoms with Crippen LogP contribution in [0.25, 0.3) is 10.9 Å². The first-order chi connectivity index (χ1) is 8.92. The molecule has 0 bridgehead atoms. The number of fused-ring (bicyclic) bond motifs is 2. The van der Waals surface area contributed by atoms with E-state index in [1.807, 2.05) is 42.9 Å². The predicted molar refractivity (Wildman–Crippen MR) is 72.9 cm³/mol. The van der Waals surface area contributed by atoms with E-state index in [1.165, 1.54) is 0 Å². The molecule has 1 aromatic carbocycles. The van der Waals surface area contributed by atoms with Crippen molar-refractivity contribution in [3.05, 3.63) is 65.6 Å². The smallest absolute Gasteiger partial charge is 0.0981 e. The third kappa shape index (κ3) is 1.27. The van der Waals surface area contributed by atoms with Crippen molar-refractivity contribution < 1.29 is 0 Å². The second-order valence-electron chi connectivity index (χ2n) is 4.27. The Labute approximate surface area is 104 Å². The van der Waals surface area contributed by atoms with Gasteiger partial charge in [-0.15, -0.1) is 0 Å². The Kier molecular flexibility index (Phi) is 1.83. The predicted octanol–water partition coefficient (Wildman–Crippen LogP) is 2.89. The molecule has 0 saturated heterocycles. The molecule has 0 fully saturated rings. The Balaban J connectivity index is 1.85. The third-order valence-corrected chi connectivity index (χ3v) is 3.16. The number of rotatable bonds is 1. The number of benzene rings is 1. The van der Waals surface area contributed by atoms with Gasteiger partial charge in [0.05, 0.1) is 16.9 Å². The molecule has 0 aliphatic carbocycles. The van der Waals surface area contributed by atoms with Crippen molar-refractivity contribution in [1.29, 1.82) is 0 Å². The molecule has 0 amide bonds. The van der Waals surface area contributed by atoms with E-state index in [-0.39, 0.29) is 0 Å². The zero-order valence-corrected chi connectivity index (χ0v) is 9.54. The number of aromatic nitrogens is 1. The molecule has 0 saturated carbocycles. The SMILES string of the molecule is C1=NC=C2C1=CN=C2c1ccc2ccccc2n1. The molecule has 0 spiro atoms. The van der Waals surface area contributed by atoms with Gasteiger partial charge < -0.3 is 0 Å². The normalized spacial score (nSPS) is 16.6. The first-order valence-corrected chi connectivity index (χ1v) is 5.80. The van der Waals surface area contributed by atoms with Crippen molar-refractivity contribution in [3.8, 4) is 0 Å². The van der Waals surface area contributed by atoms with Gasteiger partial charge in [-0.25, -0.2) is 4.98 Å². The molecule has 0 unspecified atom stereocenters. The van der Waals surface area contributed by atoms with E-state index >= 15 is 0 Å². The van der Waals surface area contributed by atoms with Crippen LogP contribution in [-0.4, -0.2) is 16.9 Å². The standard InChI is InChI=1S/C15H9N3/c1-2-4-13-10(3-1)5-6-14(18-13)15-12-9-16-7-11(12)8-17-15/h1-9H. The van der Waals surface area contributed by atoms with E-state index in [2.05, 4.69) is 27.1 Å². The average molecular weight is 231 g/mol. The van der Waals surface area contributed by atoms with Crippen molar-refractivity contribution in [2.75, 3.05) is 0 Å². The number of aliphatic imine (C=N–C) groups is 2. The number of nitrogens with zero attached hydrogens (tertiary/aromatic N) is 3. The summed E-state index contributed by atoms with van der Waals surface area (Å²) in [6, 6.07) is 12.2. The Morgan fingerprint density at radius 2 is 1.83 bits per heavy atom. The molecule has 2 aliphatic rings. The highest BCUT2D eigenvalue weighted by Gasteiger charge is 2.21. The van der Waals surface area contributed by atoms with Crippen molar-refractivity contribution >= 4 is 22.8 Å². The number of hydrogen-bond acceptors (Lipinski definition) is 3. The van der Waals surface area contributed by atoms with Gasteiger partial charge in [-0.2, -0.15) is 0 Å². The lowest BCUT2D eigenvalue weighted by molar-refractivity contribution is 1.36. The summed E-state index contributed by atoms with van der Waals surface area (Å²) in [5.41, 5.74) is 4.94. The largest absolute Gasteiger partial charge is 0.263 e. The second-order valence-corrected chi connectivity index (χ2v) is 4.27. The summed E-state index contributed by atoms with van der Waals surface area (Å²) in [5, 5.41) is 1.14. The molecule has 3 heteroatoms. The van der Waals surface area contributed by atoms with Crippen LogP contribution in [0.1, 0.15) is 5.69 Å². The van der Waals surface area contributed by atoms with Crippen LogP contribution in [0.2, 0.25) is 0 Å². The van der Waals surface area contributed by atoms with Gasteiger partial charge in [0, 0.05) is 35.1 Å². The lowest BCUT2D eigenvalue weighted by Gasteiger charge is -2.04. The van der Waals surface area contributed by atoms with E-state index in [1.54, 1.807) is 0 Å². The van der Waals surface area contributed by atoms with E-state index in [9.17, 15) is 0 Å². The minimum Gasteiger partial charge on any atom is -0.263 e. The minimum atomic E-state index is 0.900. The van der Waals surface area contributed by atoms with Crippen LogP contribution in [0.15, 0.2) is 69.9 Å². The van der Waals surface area contributed by atoms with Gasteiger partial charge in [-0.05, 0) is 12.1 Å². The molecule has 3 heterocycles. The highest BCUT2D eigenvalue weighted by atomic mass is 14.8. The van der Waals surface area contributed by atoms with Crippen LogP contribution in [-0.2, 0) is 0 Å². The fraction of sp³-hybridized carbons (Fsp3) is 0. The van der Waals surface area contributed by atoms with Crippen LogP contribution in [0, 0.1) is 0 Å².